The first-order chi connectivity index (χ1) is 14.6. The second kappa shape index (κ2) is 9.18. The summed E-state index contributed by atoms with van der Waals surface area (Å²) >= 11 is 0. The molecular weight excluding hydrogens is 380 g/mol. The zero-order valence-electron chi connectivity index (χ0n) is 18.2. The van der Waals surface area contributed by atoms with Gasteiger partial charge in [0.05, 0.1) is 20.3 Å². The number of nitrogens with zero attached hydrogens (tertiary/aromatic N) is 4. The van der Waals surface area contributed by atoms with E-state index in [2.05, 4.69) is 23.6 Å². The van der Waals surface area contributed by atoms with Gasteiger partial charge in [-0.1, -0.05) is 12.1 Å². The Kier molecular flexibility index (Phi) is 6.39. The van der Waals surface area contributed by atoms with Crippen molar-refractivity contribution in [1.29, 1.82) is 0 Å². The summed E-state index contributed by atoms with van der Waals surface area (Å²) in [6.45, 7) is 10.1. The molecule has 0 saturated carbocycles. The van der Waals surface area contributed by atoms with Crippen molar-refractivity contribution >= 4 is 5.82 Å². The van der Waals surface area contributed by atoms with E-state index in [1.807, 2.05) is 12.1 Å². The maximum Gasteiger partial charge on any atom is 0.162 e. The summed E-state index contributed by atoms with van der Waals surface area (Å²) in [7, 11) is 1.58. The van der Waals surface area contributed by atoms with Crippen LogP contribution in [0.25, 0.3) is 0 Å². The van der Waals surface area contributed by atoms with Crippen molar-refractivity contribution in [3.05, 3.63) is 40.8 Å². The van der Waals surface area contributed by atoms with Crippen LogP contribution in [-0.2, 0) is 11.3 Å². The number of benzene rings is 1. The molecule has 4 rings (SSSR count). The predicted molar refractivity (Wildman–Crippen MR) is 116 cm³/mol. The Bertz CT molecular complexity index is 875. The molecule has 2 aromatic rings. The molecule has 2 aliphatic heterocycles. The molecule has 0 spiro atoms. The molecule has 0 unspecified atom stereocenters. The third-order valence-electron chi connectivity index (χ3n) is 6.34. The van der Waals surface area contributed by atoms with Crippen LogP contribution in [0.4, 0.5) is 5.82 Å². The lowest BCUT2D eigenvalue weighted by Gasteiger charge is -2.33. The quantitative estimate of drug-likeness (QED) is 0.809. The topological polar surface area (TPSA) is 71.0 Å². The molecule has 2 fully saturated rings. The van der Waals surface area contributed by atoms with E-state index in [1.165, 1.54) is 5.56 Å². The van der Waals surface area contributed by atoms with E-state index in [0.29, 0.717) is 11.7 Å². The summed E-state index contributed by atoms with van der Waals surface area (Å²) in [6, 6.07) is 5.68. The van der Waals surface area contributed by atoms with Crippen LogP contribution in [0.15, 0.2) is 18.2 Å². The fraction of sp³-hybridized carbons (Fsp3) is 0.565. The zero-order chi connectivity index (χ0) is 21.1. The van der Waals surface area contributed by atoms with Gasteiger partial charge in [0, 0.05) is 42.4 Å². The van der Waals surface area contributed by atoms with E-state index < -0.39 is 0 Å². The number of likely N-dealkylation sites (tertiary alicyclic amines) is 1. The van der Waals surface area contributed by atoms with E-state index in [9.17, 15) is 5.11 Å². The highest BCUT2D eigenvalue weighted by Crippen LogP contribution is 2.33. The molecule has 0 radical (unpaired) electrons. The van der Waals surface area contributed by atoms with Crippen molar-refractivity contribution in [2.45, 2.75) is 39.2 Å². The van der Waals surface area contributed by atoms with Crippen LogP contribution in [0, 0.1) is 13.8 Å². The number of aromatic nitrogens is 2. The van der Waals surface area contributed by atoms with Crippen molar-refractivity contribution in [3.8, 4) is 11.5 Å². The molecule has 7 heteroatoms. The number of piperidine rings is 1. The van der Waals surface area contributed by atoms with Crippen LogP contribution in [0.1, 0.15) is 41.4 Å². The number of phenolic OH excluding ortho intramolecular Hbond substituents is 1. The molecular formula is C23H32N4O3. The van der Waals surface area contributed by atoms with Gasteiger partial charge in [-0.05, 0) is 45.8 Å². The average molecular weight is 413 g/mol. The summed E-state index contributed by atoms with van der Waals surface area (Å²) in [5.74, 6) is 3.20. The van der Waals surface area contributed by atoms with Crippen LogP contribution >= 0.6 is 0 Å². The number of hydrogen-bond donors (Lipinski definition) is 1. The average Bonchev–Trinajstić information content (AvgIpc) is 2.78. The number of aromatic hydroxyl groups is 1. The molecule has 1 aromatic carbocycles. The van der Waals surface area contributed by atoms with Crippen molar-refractivity contribution in [1.82, 2.24) is 14.9 Å². The Morgan fingerprint density at radius 3 is 2.53 bits per heavy atom. The highest BCUT2D eigenvalue weighted by Gasteiger charge is 2.26. The van der Waals surface area contributed by atoms with Crippen molar-refractivity contribution in [3.63, 3.8) is 0 Å². The van der Waals surface area contributed by atoms with Gasteiger partial charge in [-0.2, -0.15) is 0 Å². The van der Waals surface area contributed by atoms with Crippen LogP contribution in [0.2, 0.25) is 0 Å². The molecule has 7 nitrogen and oxygen atoms in total. The van der Waals surface area contributed by atoms with Crippen molar-refractivity contribution < 1.29 is 14.6 Å². The van der Waals surface area contributed by atoms with Crippen LogP contribution in [0.5, 0.6) is 11.5 Å². The lowest BCUT2D eigenvalue weighted by molar-refractivity contribution is 0.122. The number of anilines is 1. The maximum atomic E-state index is 10.4. The van der Waals surface area contributed by atoms with E-state index in [-0.39, 0.29) is 5.75 Å². The Morgan fingerprint density at radius 1 is 1.10 bits per heavy atom. The van der Waals surface area contributed by atoms with Gasteiger partial charge < -0.3 is 19.5 Å². The number of ether oxygens (including phenoxy) is 2. The van der Waals surface area contributed by atoms with E-state index in [0.717, 1.165) is 81.7 Å². The molecule has 1 N–H and O–H groups in total. The molecule has 0 aliphatic carbocycles. The minimum absolute atomic E-state index is 0.245. The van der Waals surface area contributed by atoms with Gasteiger partial charge in [0.2, 0.25) is 0 Å². The molecule has 30 heavy (non-hydrogen) atoms. The van der Waals surface area contributed by atoms with E-state index in [1.54, 1.807) is 13.2 Å². The second-order valence-corrected chi connectivity index (χ2v) is 8.23. The number of morpholine rings is 1. The Balaban J connectivity index is 1.43. The lowest BCUT2D eigenvalue weighted by Crippen LogP contribution is -2.38. The molecule has 2 saturated heterocycles. The fourth-order valence-electron chi connectivity index (χ4n) is 4.35. The fourth-order valence-corrected chi connectivity index (χ4v) is 4.35. The summed E-state index contributed by atoms with van der Waals surface area (Å²) in [6.07, 6.45) is 2.05. The number of hydrogen-bond acceptors (Lipinski definition) is 7. The van der Waals surface area contributed by atoms with Crippen molar-refractivity contribution in [2.24, 2.45) is 0 Å². The highest BCUT2D eigenvalue weighted by atomic mass is 16.5. The Morgan fingerprint density at radius 2 is 1.83 bits per heavy atom. The summed E-state index contributed by atoms with van der Waals surface area (Å²) in [5, 5.41) is 10.4. The number of para-hydroxylation sites is 1. The highest BCUT2D eigenvalue weighted by molar-refractivity contribution is 5.49. The first-order valence-electron chi connectivity index (χ1n) is 10.8. The Hall–Kier alpha value is -2.38. The van der Waals surface area contributed by atoms with Crippen LogP contribution in [-0.4, -0.2) is 66.5 Å². The lowest BCUT2D eigenvalue weighted by atomic mass is 9.95. The van der Waals surface area contributed by atoms with Crippen molar-refractivity contribution in [2.75, 3.05) is 51.4 Å². The number of methoxy groups -OCH3 is 1. The normalized spacial score (nSPS) is 18.6. The molecule has 3 heterocycles. The molecule has 162 valence electrons. The molecule has 1 aromatic heterocycles. The molecule has 2 aliphatic rings. The van der Waals surface area contributed by atoms with Gasteiger partial charge in [0.25, 0.3) is 0 Å². The molecule has 0 bridgehead atoms. The first-order valence-corrected chi connectivity index (χ1v) is 10.8. The number of rotatable bonds is 5. The molecule has 0 atom stereocenters. The number of phenols is 1. The molecule has 0 amide bonds. The van der Waals surface area contributed by atoms with Gasteiger partial charge in [0.1, 0.15) is 11.6 Å². The smallest absolute Gasteiger partial charge is 0.162 e. The SMILES string of the molecule is COc1cccc(CN2CCC(c3nc(C)c(C)c(N4CCOCC4)n3)CC2)c1O. The maximum absolute atomic E-state index is 10.4. The van der Waals surface area contributed by atoms with E-state index in [4.69, 9.17) is 19.4 Å². The minimum atomic E-state index is 0.245. The van der Waals surface area contributed by atoms with E-state index >= 15 is 0 Å². The third kappa shape index (κ3) is 4.37. The van der Waals surface area contributed by atoms with Gasteiger partial charge in [-0.15, -0.1) is 0 Å². The minimum Gasteiger partial charge on any atom is -0.504 e. The Labute approximate surface area is 178 Å². The van der Waals surface area contributed by atoms with Gasteiger partial charge >= 0.3 is 0 Å². The summed E-state index contributed by atoms with van der Waals surface area (Å²) in [5.41, 5.74) is 3.15. The van der Waals surface area contributed by atoms with Crippen LogP contribution in [0.3, 0.4) is 0 Å². The van der Waals surface area contributed by atoms with Gasteiger partial charge in [0.15, 0.2) is 11.5 Å². The van der Waals surface area contributed by atoms with Crippen LogP contribution < -0.4 is 9.64 Å². The zero-order valence-corrected chi connectivity index (χ0v) is 18.2. The standard InChI is InChI=1S/C23H32N4O3/c1-16-17(2)24-22(25-23(16)27-11-13-30-14-12-27)18-7-9-26(10-8-18)15-19-5-4-6-20(29-3)21(19)28/h4-6,18,28H,7-15H2,1-3H3. The monoisotopic (exact) mass is 412 g/mol. The largest absolute Gasteiger partial charge is 0.504 e. The summed E-state index contributed by atoms with van der Waals surface area (Å²) in [4.78, 5) is 14.6. The third-order valence-corrected chi connectivity index (χ3v) is 6.34. The summed E-state index contributed by atoms with van der Waals surface area (Å²) < 4.78 is 10.7. The van der Waals surface area contributed by atoms with Gasteiger partial charge in [-0.25, -0.2) is 9.97 Å². The van der Waals surface area contributed by atoms with Gasteiger partial charge in [-0.3, -0.25) is 4.90 Å². The second-order valence-electron chi connectivity index (χ2n) is 8.23. The predicted octanol–water partition coefficient (Wildman–Crippen LogP) is 3.02. The first kappa shape index (κ1) is 20.9. The number of aryl methyl sites for hydroxylation is 1.